The second kappa shape index (κ2) is 21.4. The van der Waals surface area contributed by atoms with Gasteiger partial charge in [0, 0.05) is 39.3 Å². The third kappa shape index (κ3) is 14.8. The Labute approximate surface area is 222 Å². The van der Waals surface area contributed by atoms with Crippen molar-refractivity contribution in [3.05, 3.63) is 0 Å². The maximum absolute atomic E-state index is 4.68. The molecule has 0 aromatic carbocycles. The molecule has 1 aromatic rings. The summed E-state index contributed by atoms with van der Waals surface area (Å²) in [6, 6.07) is 0. The van der Waals surface area contributed by atoms with Crippen LogP contribution in [0.5, 0.6) is 0 Å². The van der Waals surface area contributed by atoms with Crippen LogP contribution in [0, 0.1) is 0 Å². The molecule has 0 aliphatic carbocycles. The molecule has 0 bridgehead atoms. The lowest BCUT2D eigenvalue weighted by Gasteiger charge is -2.22. The quantitative estimate of drug-likeness (QED) is 0.188. The molecule has 0 fully saturated rings. The van der Waals surface area contributed by atoms with Crippen LogP contribution in [0.15, 0.2) is 0 Å². The normalized spacial score (nSPS) is 11.6. The Kier molecular flexibility index (Phi) is 19.2. The van der Waals surface area contributed by atoms with E-state index >= 15 is 0 Å². The molecule has 0 radical (unpaired) electrons. The van der Waals surface area contributed by atoms with Crippen LogP contribution in [0.25, 0.3) is 0 Å². The molecule has 0 aliphatic rings. The van der Waals surface area contributed by atoms with Crippen molar-refractivity contribution < 1.29 is 0 Å². The summed E-state index contributed by atoms with van der Waals surface area (Å²) in [5, 5.41) is 10.3. The number of nitrogens with one attached hydrogen (secondary N) is 3. The van der Waals surface area contributed by atoms with Crippen molar-refractivity contribution >= 4 is 17.8 Å². The average Bonchev–Trinajstić information content (AvgIpc) is 2.85. The number of hydrogen-bond donors (Lipinski definition) is 3. The van der Waals surface area contributed by atoms with E-state index in [1.165, 1.54) is 38.5 Å². The lowest BCUT2D eigenvalue weighted by Crippen LogP contribution is -2.32. The summed E-state index contributed by atoms with van der Waals surface area (Å²) in [5.74, 6) is 1.92. The summed E-state index contributed by atoms with van der Waals surface area (Å²) in [6.45, 7) is 25.7. The number of hydrogen-bond acceptors (Lipinski definition) is 9. The van der Waals surface area contributed by atoms with Crippen molar-refractivity contribution in [3.63, 3.8) is 0 Å². The molecule has 0 unspecified atom stereocenters. The Morgan fingerprint density at radius 3 is 0.806 bits per heavy atom. The number of nitrogens with zero attached hydrogens (tertiary/aromatic N) is 6. The topological polar surface area (TPSA) is 84.5 Å². The molecule has 1 aromatic heterocycles. The molecule has 1 rings (SSSR count). The molecule has 0 spiro atoms. The Morgan fingerprint density at radius 2 is 0.611 bits per heavy atom. The highest BCUT2D eigenvalue weighted by Crippen LogP contribution is 2.10. The Balaban J connectivity index is 2.80. The predicted molar refractivity (Wildman–Crippen MR) is 156 cm³/mol. The Morgan fingerprint density at radius 1 is 0.389 bits per heavy atom. The van der Waals surface area contributed by atoms with E-state index in [0.717, 1.165) is 78.5 Å². The van der Waals surface area contributed by atoms with Crippen molar-refractivity contribution in [3.8, 4) is 0 Å². The van der Waals surface area contributed by atoms with Gasteiger partial charge in [-0.1, -0.05) is 41.5 Å². The molecule has 36 heavy (non-hydrogen) atoms. The molecular formula is C27H57N9. The van der Waals surface area contributed by atoms with Gasteiger partial charge in [-0.2, -0.15) is 15.0 Å². The average molecular weight is 508 g/mol. The SMILES string of the molecule is CCCN(CCC)CCNc1nc(NCCN(CCC)CCC)nc(NCCN(CCC)CCC)n1. The van der Waals surface area contributed by atoms with Gasteiger partial charge in [0.2, 0.25) is 17.8 Å². The van der Waals surface area contributed by atoms with Crippen LogP contribution in [0.4, 0.5) is 17.8 Å². The van der Waals surface area contributed by atoms with Gasteiger partial charge < -0.3 is 30.7 Å². The van der Waals surface area contributed by atoms with E-state index < -0.39 is 0 Å². The maximum atomic E-state index is 4.68. The van der Waals surface area contributed by atoms with Gasteiger partial charge in [0.15, 0.2) is 0 Å². The van der Waals surface area contributed by atoms with Crippen LogP contribution in [-0.2, 0) is 0 Å². The zero-order valence-corrected chi connectivity index (χ0v) is 24.4. The standard InChI is InChI=1S/C27H57N9/c1-7-16-34(17-8-2)22-13-28-25-31-26(29-14-23-35(18-9-3)19-10-4)33-27(32-25)30-15-24-36(20-11-5)21-12-6/h7-24H2,1-6H3,(H3,28,29,30,31,32,33). The first-order valence-electron chi connectivity index (χ1n) is 14.7. The molecule has 0 aliphatic heterocycles. The van der Waals surface area contributed by atoms with Gasteiger partial charge in [0.05, 0.1) is 0 Å². The lowest BCUT2D eigenvalue weighted by molar-refractivity contribution is 0.284. The van der Waals surface area contributed by atoms with Gasteiger partial charge in [-0.15, -0.1) is 0 Å². The first-order valence-corrected chi connectivity index (χ1v) is 14.7. The van der Waals surface area contributed by atoms with Crippen molar-refractivity contribution in [2.75, 3.05) is 94.5 Å². The minimum atomic E-state index is 0.640. The van der Waals surface area contributed by atoms with E-state index in [1.807, 2.05) is 0 Å². The smallest absolute Gasteiger partial charge is 0.229 e. The molecule has 0 amide bonds. The fourth-order valence-corrected chi connectivity index (χ4v) is 4.49. The fraction of sp³-hybridized carbons (Fsp3) is 0.889. The number of aromatic nitrogens is 3. The van der Waals surface area contributed by atoms with Crippen LogP contribution >= 0.6 is 0 Å². The molecule has 9 nitrogen and oxygen atoms in total. The first-order chi connectivity index (χ1) is 17.6. The van der Waals surface area contributed by atoms with Crippen LogP contribution in [0.1, 0.15) is 80.1 Å². The van der Waals surface area contributed by atoms with Gasteiger partial charge >= 0.3 is 0 Å². The molecule has 9 heteroatoms. The first kappa shape index (κ1) is 32.3. The third-order valence-electron chi connectivity index (χ3n) is 6.01. The van der Waals surface area contributed by atoms with E-state index in [-0.39, 0.29) is 0 Å². The monoisotopic (exact) mass is 507 g/mol. The Hall–Kier alpha value is -1.71. The zero-order valence-electron chi connectivity index (χ0n) is 24.4. The summed E-state index contributed by atoms with van der Waals surface area (Å²) < 4.78 is 0. The maximum Gasteiger partial charge on any atom is 0.229 e. The van der Waals surface area contributed by atoms with Crippen molar-refractivity contribution in [2.45, 2.75) is 80.1 Å². The highest BCUT2D eigenvalue weighted by atomic mass is 15.3. The van der Waals surface area contributed by atoms with Crippen molar-refractivity contribution in [2.24, 2.45) is 0 Å². The molecule has 1 heterocycles. The van der Waals surface area contributed by atoms with Crippen LogP contribution in [0.3, 0.4) is 0 Å². The number of rotatable bonds is 24. The van der Waals surface area contributed by atoms with E-state index in [9.17, 15) is 0 Å². The minimum absolute atomic E-state index is 0.640. The molecule has 3 N–H and O–H groups in total. The van der Waals surface area contributed by atoms with Gasteiger partial charge in [-0.25, -0.2) is 0 Å². The fourth-order valence-electron chi connectivity index (χ4n) is 4.49. The van der Waals surface area contributed by atoms with E-state index in [1.54, 1.807) is 0 Å². The van der Waals surface area contributed by atoms with Crippen LogP contribution in [0.2, 0.25) is 0 Å². The second-order valence-corrected chi connectivity index (χ2v) is 9.61. The van der Waals surface area contributed by atoms with Gasteiger partial charge in [0.1, 0.15) is 0 Å². The molecule has 0 saturated heterocycles. The summed E-state index contributed by atoms with van der Waals surface area (Å²) >= 11 is 0. The second-order valence-electron chi connectivity index (χ2n) is 9.61. The van der Waals surface area contributed by atoms with Crippen molar-refractivity contribution in [1.29, 1.82) is 0 Å². The number of anilines is 3. The van der Waals surface area contributed by atoms with E-state index in [2.05, 4.69) is 87.1 Å². The highest BCUT2D eigenvalue weighted by Gasteiger charge is 2.10. The molecule has 210 valence electrons. The summed E-state index contributed by atoms with van der Waals surface area (Å²) in [5.41, 5.74) is 0. The van der Waals surface area contributed by atoms with Crippen molar-refractivity contribution in [1.82, 2.24) is 29.7 Å². The van der Waals surface area contributed by atoms with E-state index in [4.69, 9.17) is 0 Å². The van der Waals surface area contributed by atoms with Gasteiger partial charge in [-0.3, -0.25) is 0 Å². The summed E-state index contributed by atoms with van der Waals surface area (Å²) in [7, 11) is 0. The molecule has 0 atom stereocenters. The summed E-state index contributed by atoms with van der Waals surface area (Å²) in [4.78, 5) is 21.5. The van der Waals surface area contributed by atoms with Crippen LogP contribution < -0.4 is 16.0 Å². The third-order valence-corrected chi connectivity index (χ3v) is 6.01. The van der Waals surface area contributed by atoms with Crippen LogP contribution in [-0.4, -0.2) is 108 Å². The Bertz CT molecular complexity index is 528. The predicted octanol–water partition coefficient (Wildman–Crippen LogP) is 4.47. The molecular weight excluding hydrogens is 450 g/mol. The lowest BCUT2D eigenvalue weighted by atomic mass is 10.3. The highest BCUT2D eigenvalue weighted by molar-refractivity contribution is 5.42. The van der Waals surface area contributed by atoms with Gasteiger partial charge in [0.25, 0.3) is 0 Å². The molecule has 0 saturated carbocycles. The van der Waals surface area contributed by atoms with E-state index in [0.29, 0.717) is 17.8 Å². The minimum Gasteiger partial charge on any atom is -0.353 e. The summed E-state index contributed by atoms with van der Waals surface area (Å²) in [6.07, 6.45) is 7.05. The largest absolute Gasteiger partial charge is 0.353 e. The van der Waals surface area contributed by atoms with Gasteiger partial charge in [-0.05, 0) is 77.8 Å². The zero-order chi connectivity index (χ0) is 26.4.